The first-order chi connectivity index (χ1) is 10.6. The molecule has 4 unspecified atom stereocenters. The Bertz CT molecular complexity index is 812. The summed E-state index contributed by atoms with van der Waals surface area (Å²) in [5, 5.41) is 0. The van der Waals surface area contributed by atoms with Gasteiger partial charge in [0.2, 0.25) is 0 Å². The molecule has 4 nitrogen and oxygen atoms in total. The molecule has 1 N–H and O–H groups in total. The van der Waals surface area contributed by atoms with Gasteiger partial charge in [0.05, 0.1) is 4.91 Å². The first kappa shape index (κ1) is 15.3. The van der Waals surface area contributed by atoms with Crippen LogP contribution in [0.1, 0.15) is 40.0 Å². The van der Waals surface area contributed by atoms with E-state index in [0.717, 1.165) is 18.4 Å². The van der Waals surface area contributed by atoms with E-state index in [1.165, 1.54) is 0 Å². The van der Waals surface area contributed by atoms with Crippen molar-refractivity contribution in [3.05, 3.63) is 34.3 Å². The van der Waals surface area contributed by atoms with Crippen molar-refractivity contribution >= 4 is 15.9 Å². The van der Waals surface area contributed by atoms with Gasteiger partial charge in [0.25, 0.3) is 10.1 Å². The second kappa shape index (κ2) is 4.25. The molecule has 0 saturated heterocycles. The largest absolute Gasteiger partial charge is 0.299 e. The van der Waals surface area contributed by atoms with E-state index >= 15 is 0 Å². The number of allylic oxidation sites excluding steroid dienone is 5. The van der Waals surface area contributed by atoms with Crippen molar-refractivity contribution in [3.8, 4) is 0 Å². The van der Waals surface area contributed by atoms with Crippen LogP contribution in [0.4, 0.5) is 0 Å². The van der Waals surface area contributed by atoms with Gasteiger partial charge in [-0.1, -0.05) is 32.9 Å². The number of carbonyl (C=O) groups is 1. The minimum atomic E-state index is -4.19. The molecule has 23 heavy (non-hydrogen) atoms. The minimum absolute atomic E-state index is 0.00667. The highest BCUT2D eigenvalue weighted by Crippen LogP contribution is 2.67. The Morgan fingerprint density at radius 2 is 1.96 bits per heavy atom. The summed E-state index contributed by atoms with van der Waals surface area (Å²) >= 11 is 0. The lowest BCUT2D eigenvalue weighted by molar-refractivity contribution is -0.132. The predicted octanol–water partition coefficient (Wildman–Crippen LogP) is 3.29. The van der Waals surface area contributed by atoms with Crippen LogP contribution < -0.4 is 0 Å². The van der Waals surface area contributed by atoms with Crippen molar-refractivity contribution in [3.63, 3.8) is 0 Å². The van der Waals surface area contributed by atoms with E-state index in [-0.39, 0.29) is 27.6 Å². The third-order valence-corrected chi connectivity index (χ3v) is 8.16. The maximum Gasteiger partial charge on any atom is 0.294 e. The third kappa shape index (κ3) is 1.75. The van der Waals surface area contributed by atoms with Gasteiger partial charge in [0, 0.05) is 17.3 Å². The van der Waals surface area contributed by atoms with Crippen LogP contribution in [0.3, 0.4) is 0 Å². The highest BCUT2D eigenvalue weighted by molar-refractivity contribution is 7.90. The predicted molar refractivity (Wildman–Crippen MR) is 87.0 cm³/mol. The Balaban J connectivity index is 1.66. The Kier molecular flexibility index (Phi) is 2.83. The summed E-state index contributed by atoms with van der Waals surface area (Å²) in [5.74, 6) is 0.655. The fraction of sp³-hybridized carbons (Fsp3) is 0.611. The van der Waals surface area contributed by atoms with Crippen LogP contribution in [0.5, 0.6) is 0 Å². The molecule has 124 valence electrons. The smallest absolute Gasteiger partial charge is 0.294 e. The van der Waals surface area contributed by atoms with E-state index in [4.69, 9.17) is 0 Å². The maximum absolute atomic E-state index is 13.0. The van der Waals surface area contributed by atoms with Crippen LogP contribution in [0.15, 0.2) is 34.3 Å². The molecule has 4 aliphatic rings. The van der Waals surface area contributed by atoms with Crippen LogP contribution in [0.25, 0.3) is 0 Å². The lowest BCUT2D eigenvalue weighted by atomic mass is 9.70. The first-order valence-corrected chi connectivity index (χ1v) is 9.67. The van der Waals surface area contributed by atoms with Crippen LogP contribution >= 0.6 is 0 Å². The SMILES string of the molecule is CC12CCC(C(CC3C4=CC(S(=O)(=O)O)=C3C=C4)C1=O)C2(C)C. The molecule has 4 aliphatic carbocycles. The zero-order chi connectivity index (χ0) is 16.8. The maximum atomic E-state index is 13.0. The summed E-state index contributed by atoms with van der Waals surface area (Å²) in [6.45, 7) is 6.50. The summed E-state index contributed by atoms with van der Waals surface area (Å²) < 4.78 is 32.4. The van der Waals surface area contributed by atoms with Crippen molar-refractivity contribution in [1.29, 1.82) is 0 Å². The van der Waals surface area contributed by atoms with Gasteiger partial charge >= 0.3 is 0 Å². The van der Waals surface area contributed by atoms with Crippen molar-refractivity contribution in [1.82, 2.24) is 0 Å². The van der Waals surface area contributed by atoms with Gasteiger partial charge < -0.3 is 0 Å². The van der Waals surface area contributed by atoms with Gasteiger partial charge in [-0.15, -0.1) is 0 Å². The first-order valence-electron chi connectivity index (χ1n) is 8.23. The Labute approximate surface area is 137 Å². The van der Waals surface area contributed by atoms with Crippen LogP contribution in [-0.4, -0.2) is 18.8 Å². The van der Waals surface area contributed by atoms with Gasteiger partial charge in [-0.2, -0.15) is 8.42 Å². The van der Waals surface area contributed by atoms with Crippen molar-refractivity contribution in [2.45, 2.75) is 40.0 Å². The molecule has 0 heterocycles. The molecule has 4 atom stereocenters. The van der Waals surface area contributed by atoms with E-state index < -0.39 is 10.1 Å². The van der Waals surface area contributed by atoms with Crippen molar-refractivity contribution in [2.75, 3.05) is 0 Å². The highest BCUT2D eigenvalue weighted by Gasteiger charge is 2.66. The second-order valence-corrected chi connectivity index (χ2v) is 9.62. The number of Topliss-reactive ketones (excluding diaryl/α,β-unsaturated/α-hetero) is 1. The van der Waals surface area contributed by atoms with E-state index in [1.54, 1.807) is 12.2 Å². The fourth-order valence-corrected chi connectivity index (χ4v) is 6.31. The normalized spacial score (nSPS) is 40.4. The second-order valence-electron chi connectivity index (χ2n) is 8.23. The number of ketones is 1. The van der Waals surface area contributed by atoms with Gasteiger partial charge in [0.1, 0.15) is 5.78 Å². The molecule has 0 amide bonds. The minimum Gasteiger partial charge on any atom is -0.299 e. The quantitative estimate of drug-likeness (QED) is 0.804. The van der Waals surface area contributed by atoms with Crippen LogP contribution in [-0.2, 0) is 14.9 Å². The molecule has 5 heteroatoms. The molecule has 4 bridgehead atoms. The summed E-state index contributed by atoms with van der Waals surface area (Å²) in [7, 11) is -4.19. The zero-order valence-corrected chi connectivity index (χ0v) is 14.5. The molecule has 0 aromatic carbocycles. The summed E-state index contributed by atoms with van der Waals surface area (Å²) in [6.07, 6.45) is 7.93. The molecular weight excluding hydrogens is 312 g/mol. The lowest BCUT2D eigenvalue weighted by Crippen LogP contribution is -2.33. The lowest BCUT2D eigenvalue weighted by Gasteiger charge is -2.32. The molecule has 0 radical (unpaired) electrons. The molecule has 0 aromatic heterocycles. The Hall–Kier alpha value is -1.20. The van der Waals surface area contributed by atoms with E-state index in [1.807, 2.05) is 6.08 Å². The summed E-state index contributed by atoms with van der Waals surface area (Å²) in [4.78, 5) is 13.0. The average Bonchev–Trinajstić information content (AvgIpc) is 3.09. The third-order valence-electron chi connectivity index (χ3n) is 7.25. The summed E-state index contributed by atoms with van der Waals surface area (Å²) in [5.41, 5.74) is 1.32. The number of hydrogen-bond acceptors (Lipinski definition) is 3. The number of carbonyl (C=O) groups excluding carboxylic acids is 1. The highest BCUT2D eigenvalue weighted by atomic mass is 32.2. The van der Waals surface area contributed by atoms with Crippen molar-refractivity contribution < 1.29 is 17.8 Å². The molecule has 2 saturated carbocycles. The topological polar surface area (TPSA) is 71.4 Å². The van der Waals surface area contributed by atoms with E-state index in [9.17, 15) is 17.8 Å². The van der Waals surface area contributed by atoms with Gasteiger partial charge in [-0.25, -0.2) is 0 Å². The van der Waals surface area contributed by atoms with Crippen LogP contribution in [0.2, 0.25) is 0 Å². The van der Waals surface area contributed by atoms with Gasteiger partial charge in [-0.3, -0.25) is 9.35 Å². The molecule has 4 rings (SSSR count). The molecule has 0 spiro atoms. The fourth-order valence-electron chi connectivity index (χ4n) is 5.52. The molecule has 2 fully saturated rings. The molecule has 0 aromatic rings. The standard InChI is InChI=1S/C18H22O4S/c1-17(2)14-6-7-18(17,3)16(19)13(14)9-12-10-4-5-11(12)15(8-10)23(20,21)22/h4-5,8,12-14H,6-7,9H2,1-3H3,(H,20,21,22). The van der Waals surface area contributed by atoms with Crippen molar-refractivity contribution in [2.24, 2.45) is 28.6 Å². The monoisotopic (exact) mass is 334 g/mol. The van der Waals surface area contributed by atoms with E-state index in [0.29, 0.717) is 23.7 Å². The summed E-state index contributed by atoms with van der Waals surface area (Å²) in [6, 6.07) is 0. The molecule has 0 aliphatic heterocycles. The van der Waals surface area contributed by atoms with Gasteiger partial charge in [-0.05, 0) is 47.8 Å². The number of hydrogen-bond donors (Lipinski definition) is 1. The Morgan fingerprint density at radius 1 is 1.26 bits per heavy atom. The molecular formula is C18H22O4S. The number of rotatable bonds is 3. The Morgan fingerprint density at radius 3 is 2.48 bits per heavy atom. The van der Waals surface area contributed by atoms with E-state index in [2.05, 4.69) is 20.8 Å². The van der Waals surface area contributed by atoms with Crippen LogP contribution in [0, 0.1) is 28.6 Å². The number of fused-ring (bicyclic) bond motifs is 4. The average molecular weight is 334 g/mol. The van der Waals surface area contributed by atoms with Gasteiger partial charge in [0.15, 0.2) is 0 Å². The zero-order valence-electron chi connectivity index (χ0n) is 13.7.